The third-order valence-electron chi connectivity index (χ3n) is 4.85. The fourth-order valence-corrected chi connectivity index (χ4v) is 3.85. The molecule has 2 heterocycles. The molecule has 1 amide bonds. The molecule has 0 saturated heterocycles. The molecular weight excluding hydrogens is 409 g/mol. The molecule has 7 heteroatoms. The minimum absolute atomic E-state index is 0.0718. The van der Waals surface area contributed by atoms with E-state index in [0.29, 0.717) is 40.2 Å². The summed E-state index contributed by atoms with van der Waals surface area (Å²) in [4.78, 5) is 17.1. The minimum atomic E-state index is -0.0718. The van der Waals surface area contributed by atoms with E-state index >= 15 is 0 Å². The molecule has 0 saturated carbocycles. The van der Waals surface area contributed by atoms with Crippen molar-refractivity contribution in [1.29, 1.82) is 0 Å². The van der Waals surface area contributed by atoms with Crippen molar-refractivity contribution in [3.63, 3.8) is 0 Å². The van der Waals surface area contributed by atoms with Crippen LogP contribution in [-0.2, 0) is 6.54 Å². The van der Waals surface area contributed by atoms with E-state index in [0.717, 1.165) is 22.4 Å². The number of carbonyl (C=O) groups is 1. The first kappa shape index (κ1) is 18.0. The van der Waals surface area contributed by atoms with Crippen molar-refractivity contribution >= 4 is 40.1 Å². The summed E-state index contributed by atoms with van der Waals surface area (Å²) in [6.07, 6.45) is 0. The summed E-state index contributed by atoms with van der Waals surface area (Å²) < 4.78 is 8.04. The number of hydrogen-bond donors (Lipinski definition) is 1. The number of para-hydroxylation sites is 1. The zero-order valence-electron chi connectivity index (χ0n) is 15.2. The maximum atomic E-state index is 12.4. The maximum Gasteiger partial charge on any atom is 0.253 e. The zero-order valence-corrected chi connectivity index (χ0v) is 16.7. The van der Waals surface area contributed by atoms with Crippen molar-refractivity contribution in [3.8, 4) is 22.9 Å². The van der Waals surface area contributed by atoms with Crippen molar-refractivity contribution < 1.29 is 9.53 Å². The van der Waals surface area contributed by atoms with Gasteiger partial charge < -0.3 is 14.6 Å². The lowest BCUT2D eigenvalue weighted by atomic mass is 10.1. The Balaban J connectivity index is 1.58. The van der Waals surface area contributed by atoms with E-state index in [9.17, 15) is 4.79 Å². The number of carbonyl (C=O) groups excluding carboxylic acids is 1. The van der Waals surface area contributed by atoms with Crippen LogP contribution >= 0.6 is 23.2 Å². The fraction of sp³-hybridized carbons (Fsp3) is 0.0909. The summed E-state index contributed by atoms with van der Waals surface area (Å²) in [6, 6.07) is 18.4. The van der Waals surface area contributed by atoms with Gasteiger partial charge in [0.2, 0.25) is 0 Å². The van der Waals surface area contributed by atoms with E-state index in [-0.39, 0.29) is 5.91 Å². The van der Waals surface area contributed by atoms with Crippen LogP contribution in [0, 0.1) is 0 Å². The molecule has 29 heavy (non-hydrogen) atoms. The Labute approximate surface area is 176 Å². The molecular formula is C22H15Cl2N3O2. The second-order valence-electron chi connectivity index (χ2n) is 6.72. The van der Waals surface area contributed by atoms with Crippen LogP contribution in [0.2, 0.25) is 10.0 Å². The highest BCUT2D eigenvalue weighted by atomic mass is 35.5. The predicted octanol–water partition coefficient (Wildman–Crippen LogP) is 5.55. The van der Waals surface area contributed by atoms with Gasteiger partial charge in [-0.1, -0.05) is 41.4 Å². The van der Waals surface area contributed by atoms with Crippen molar-refractivity contribution in [1.82, 2.24) is 14.9 Å². The smallest absolute Gasteiger partial charge is 0.253 e. The van der Waals surface area contributed by atoms with E-state index < -0.39 is 0 Å². The molecule has 0 radical (unpaired) electrons. The lowest BCUT2D eigenvalue weighted by Crippen LogP contribution is -2.24. The molecule has 0 bridgehead atoms. The molecule has 1 aromatic heterocycles. The Hall–Kier alpha value is -3.02. The number of amides is 1. The topological polar surface area (TPSA) is 56.2 Å². The highest BCUT2D eigenvalue weighted by Crippen LogP contribution is 2.33. The average Bonchev–Trinajstić information content (AvgIpc) is 3.00. The van der Waals surface area contributed by atoms with Gasteiger partial charge in [-0.25, -0.2) is 4.98 Å². The van der Waals surface area contributed by atoms with E-state index in [4.69, 9.17) is 32.9 Å². The van der Waals surface area contributed by atoms with Crippen LogP contribution in [0.25, 0.3) is 22.4 Å². The molecule has 4 aromatic rings. The zero-order chi connectivity index (χ0) is 20.0. The summed E-state index contributed by atoms with van der Waals surface area (Å²) in [6.45, 7) is 1.19. The van der Waals surface area contributed by atoms with Crippen LogP contribution in [-0.4, -0.2) is 22.0 Å². The summed E-state index contributed by atoms with van der Waals surface area (Å²) >= 11 is 12.1. The van der Waals surface area contributed by atoms with Gasteiger partial charge in [-0.2, -0.15) is 0 Å². The van der Waals surface area contributed by atoms with Crippen LogP contribution in [0.3, 0.4) is 0 Å². The summed E-state index contributed by atoms with van der Waals surface area (Å²) in [5, 5.41) is 3.85. The van der Waals surface area contributed by atoms with E-state index in [1.807, 2.05) is 42.5 Å². The van der Waals surface area contributed by atoms with Gasteiger partial charge in [0.15, 0.2) is 0 Å². The highest BCUT2D eigenvalue weighted by Gasteiger charge is 2.21. The van der Waals surface area contributed by atoms with Gasteiger partial charge in [0.05, 0.1) is 26.6 Å². The van der Waals surface area contributed by atoms with Crippen molar-refractivity contribution in [2.75, 3.05) is 6.54 Å². The first-order chi connectivity index (χ1) is 14.1. The average molecular weight is 424 g/mol. The normalized spacial score (nSPS) is 13.2. The molecule has 0 aliphatic carbocycles. The van der Waals surface area contributed by atoms with Crippen LogP contribution < -0.4 is 10.1 Å². The van der Waals surface area contributed by atoms with E-state index in [1.54, 1.807) is 18.2 Å². The Morgan fingerprint density at radius 1 is 0.966 bits per heavy atom. The Morgan fingerprint density at radius 2 is 1.79 bits per heavy atom. The van der Waals surface area contributed by atoms with E-state index in [1.165, 1.54) is 0 Å². The number of benzene rings is 3. The van der Waals surface area contributed by atoms with Gasteiger partial charge in [-0.05, 0) is 36.4 Å². The SMILES string of the molecule is O=C1NCCn2c(-c3cccc(Oc4ccc(Cl)c(Cl)c4)c3)nc3cccc1c32. The molecule has 1 aliphatic heterocycles. The second-order valence-corrected chi connectivity index (χ2v) is 7.54. The molecule has 0 fully saturated rings. The number of rotatable bonds is 3. The molecule has 144 valence electrons. The van der Waals surface area contributed by atoms with Gasteiger partial charge in [0, 0.05) is 24.7 Å². The van der Waals surface area contributed by atoms with E-state index in [2.05, 4.69) is 9.88 Å². The quantitative estimate of drug-likeness (QED) is 0.470. The molecule has 5 nitrogen and oxygen atoms in total. The summed E-state index contributed by atoms with van der Waals surface area (Å²) in [5.41, 5.74) is 3.19. The summed E-state index contributed by atoms with van der Waals surface area (Å²) in [7, 11) is 0. The van der Waals surface area contributed by atoms with Gasteiger partial charge in [-0.3, -0.25) is 4.79 Å². The Kier molecular flexibility index (Phi) is 4.42. The van der Waals surface area contributed by atoms with Gasteiger partial charge in [0.1, 0.15) is 17.3 Å². The lowest BCUT2D eigenvalue weighted by Gasteiger charge is -2.10. The highest BCUT2D eigenvalue weighted by molar-refractivity contribution is 6.42. The standard InChI is InChI=1S/C22H15Cl2N3O2/c23-17-8-7-15(12-18(17)24)29-14-4-1-3-13(11-14)21-26-19-6-2-5-16-20(19)27(21)10-9-25-22(16)28/h1-8,11-12H,9-10H2,(H,25,28). The van der Waals surface area contributed by atoms with Crippen LogP contribution in [0.4, 0.5) is 0 Å². The third kappa shape index (κ3) is 3.22. The van der Waals surface area contributed by atoms with Crippen LogP contribution in [0.1, 0.15) is 10.4 Å². The van der Waals surface area contributed by atoms with Crippen molar-refractivity contribution in [2.24, 2.45) is 0 Å². The van der Waals surface area contributed by atoms with Gasteiger partial charge in [0.25, 0.3) is 5.91 Å². The number of nitrogens with one attached hydrogen (secondary N) is 1. The van der Waals surface area contributed by atoms with Crippen molar-refractivity contribution in [3.05, 3.63) is 76.3 Å². The Morgan fingerprint density at radius 3 is 2.66 bits per heavy atom. The molecule has 3 aromatic carbocycles. The molecule has 1 N–H and O–H groups in total. The van der Waals surface area contributed by atoms with Crippen LogP contribution in [0.15, 0.2) is 60.7 Å². The first-order valence-electron chi connectivity index (χ1n) is 9.11. The number of aromatic nitrogens is 2. The maximum absolute atomic E-state index is 12.4. The molecule has 0 spiro atoms. The third-order valence-corrected chi connectivity index (χ3v) is 5.59. The van der Waals surface area contributed by atoms with Gasteiger partial charge in [-0.15, -0.1) is 0 Å². The molecule has 1 aliphatic rings. The largest absolute Gasteiger partial charge is 0.457 e. The lowest BCUT2D eigenvalue weighted by molar-refractivity contribution is 0.0956. The van der Waals surface area contributed by atoms with Gasteiger partial charge >= 0.3 is 0 Å². The molecule has 0 atom stereocenters. The number of imidazole rings is 1. The number of halogens is 2. The number of nitrogens with zero attached hydrogens (tertiary/aromatic N) is 2. The predicted molar refractivity (Wildman–Crippen MR) is 114 cm³/mol. The molecule has 0 unspecified atom stereocenters. The van der Waals surface area contributed by atoms with Crippen molar-refractivity contribution in [2.45, 2.75) is 6.54 Å². The molecule has 5 rings (SSSR count). The minimum Gasteiger partial charge on any atom is -0.457 e. The first-order valence-corrected chi connectivity index (χ1v) is 9.86. The number of ether oxygens (including phenoxy) is 1. The fourth-order valence-electron chi connectivity index (χ4n) is 3.56. The number of hydrogen-bond acceptors (Lipinski definition) is 3. The van der Waals surface area contributed by atoms with Crippen LogP contribution in [0.5, 0.6) is 11.5 Å². The monoisotopic (exact) mass is 423 g/mol. The second kappa shape index (κ2) is 7.10. The Bertz CT molecular complexity index is 1270. The summed E-state index contributed by atoms with van der Waals surface area (Å²) in [5.74, 6) is 1.98.